The summed E-state index contributed by atoms with van der Waals surface area (Å²) in [6.45, 7) is 2.71. The molecule has 0 radical (unpaired) electrons. The summed E-state index contributed by atoms with van der Waals surface area (Å²) in [6.07, 6.45) is 0.665. The van der Waals surface area contributed by atoms with Gasteiger partial charge >= 0.3 is 0 Å². The van der Waals surface area contributed by atoms with Gasteiger partial charge in [0.1, 0.15) is 6.61 Å². The second-order valence-corrected chi connectivity index (χ2v) is 4.49. The minimum absolute atomic E-state index is 0.250. The van der Waals surface area contributed by atoms with E-state index in [-0.39, 0.29) is 11.6 Å². The number of ether oxygens (including phenoxy) is 1. The molecule has 2 aromatic rings. The lowest BCUT2D eigenvalue weighted by Crippen LogP contribution is -2.05. The van der Waals surface area contributed by atoms with Gasteiger partial charge in [-0.05, 0) is 43.7 Å². The number of aryl methyl sites for hydroxylation is 2. The standard InChI is InChI=1S/C14H18FN3O/c1-10-7-12(18(2)17-10)9-19-14-4-3-11(5-6-16)8-13(14)15/h3-4,7-8H,5-6,9,16H2,1-2H3. The highest BCUT2D eigenvalue weighted by Gasteiger charge is 2.07. The smallest absolute Gasteiger partial charge is 0.165 e. The topological polar surface area (TPSA) is 53.1 Å². The number of halogens is 1. The Morgan fingerprint density at radius 3 is 2.74 bits per heavy atom. The fourth-order valence-corrected chi connectivity index (χ4v) is 1.93. The van der Waals surface area contributed by atoms with E-state index in [1.807, 2.05) is 26.1 Å². The van der Waals surface area contributed by atoms with Gasteiger partial charge in [-0.25, -0.2) is 4.39 Å². The largest absolute Gasteiger partial charge is 0.484 e. The first-order valence-corrected chi connectivity index (χ1v) is 6.21. The molecule has 0 aliphatic heterocycles. The molecule has 102 valence electrons. The van der Waals surface area contributed by atoms with E-state index in [1.165, 1.54) is 6.07 Å². The lowest BCUT2D eigenvalue weighted by Gasteiger charge is -2.08. The van der Waals surface area contributed by atoms with Gasteiger partial charge in [-0.2, -0.15) is 5.10 Å². The summed E-state index contributed by atoms with van der Waals surface area (Å²) in [5, 5.41) is 4.21. The van der Waals surface area contributed by atoms with Crippen molar-refractivity contribution in [2.24, 2.45) is 12.8 Å². The lowest BCUT2D eigenvalue weighted by molar-refractivity contribution is 0.280. The van der Waals surface area contributed by atoms with Gasteiger partial charge in [-0.1, -0.05) is 6.07 Å². The summed E-state index contributed by atoms with van der Waals surface area (Å²) in [5.74, 6) is -0.107. The first-order chi connectivity index (χ1) is 9.10. The van der Waals surface area contributed by atoms with E-state index in [2.05, 4.69) is 5.10 Å². The highest BCUT2D eigenvalue weighted by atomic mass is 19.1. The van der Waals surface area contributed by atoms with Crippen molar-refractivity contribution >= 4 is 0 Å². The van der Waals surface area contributed by atoms with E-state index >= 15 is 0 Å². The molecule has 0 saturated heterocycles. The predicted octanol–water partition coefficient (Wildman–Crippen LogP) is 1.95. The van der Waals surface area contributed by atoms with Crippen molar-refractivity contribution < 1.29 is 9.13 Å². The van der Waals surface area contributed by atoms with Gasteiger partial charge in [0.05, 0.1) is 11.4 Å². The number of aromatic nitrogens is 2. The van der Waals surface area contributed by atoms with Gasteiger partial charge in [0, 0.05) is 7.05 Å². The Morgan fingerprint density at radius 1 is 1.37 bits per heavy atom. The third-order valence-electron chi connectivity index (χ3n) is 2.90. The summed E-state index contributed by atoms with van der Waals surface area (Å²) in [6, 6.07) is 6.86. The van der Waals surface area contributed by atoms with Gasteiger partial charge in [0.15, 0.2) is 11.6 Å². The maximum atomic E-state index is 13.8. The molecule has 0 saturated carbocycles. The summed E-state index contributed by atoms with van der Waals surface area (Å²) in [4.78, 5) is 0. The molecule has 2 N–H and O–H groups in total. The molecule has 19 heavy (non-hydrogen) atoms. The maximum absolute atomic E-state index is 13.8. The third-order valence-corrected chi connectivity index (χ3v) is 2.90. The second-order valence-electron chi connectivity index (χ2n) is 4.49. The van der Waals surface area contributed by atoms with Crippen molar-refractivity contribution in [3.63, 3.8) is 0 Å². The Kier molecular flexibility index (Phi) is 4.16. The third kappa shape index (κ3) is 3.32. The molecule has 0 aliphatic rings. The van der Waals surface area contributed by atoms with Crippen LogP contribution in [-0.2, 0) is 20.1 Å². The molecule has 0 unspecified atom stereocenters. The average molecular weight is 263 g/mol. The van der Waals surface area contributed by atoms with Crippen LogP contribution in [0.15, 0.2) is 24.3 Å². The van der Waals surface area contributed by atoms with Crippen molar-refractivity contribution in [2.45, 2.75) is 20.0 Å². The fourth-order valence-electron chi connectivity index (χ4n) is 1.93. The van der Waals surface area contributed by atoms with Crippen LogP contribution in [0.5, 0.6) is 5.75 Å². The first kappa shape index (κ1) is 13.5. The Bertz CT molecular complexity index is 566. The minimum Gasteiger partial charge on any atom is -0.484 e. The zero-order valence-electron chi connectivity index (χ0n) is 11.2. The summed E-state index contributed by atoms with van der Waals surface area (Å²) in [5.41, 5.74) is 8.14. The van der Waals surface area contributed by atoms with Crippen molar-refractivity contribution in [3.05, 3.63) is 47.0 Å². The molecule has 5 heteroatoms. The van der Waals surface area contributed by atoms with Crippen molar-refractivity contribution in [3.8, 4) is 5.75 Å². The van der Waals surface area contributed by atoms with Gasteiger partial charge in [0.25, 0.3) is 0 Å². The number of hydrogen-bond acceptors (Lipinski definition) is 3. The van der Waals surface area contributed by atoms with E-state index in [0.29, 0.717) is 19.6 Å². The van der Waals surface area contributed by atoms with Crippen LogP contribution in [-0.4, -0.2) is 16.3 Å². The van der Waals surface area contributed by atoms with Crippen LogP contribution in [0.4, 0.5) is 4.39 Å². The summed E-state index contributed by atoms with van der Waals surface area (Å²) in [7, 11) is 1.84. The minimum atomic E-state index is -0.357. The predicted molar refractivity (Wildman–Crippen MR) is 71.4 cm³/mol. The van der Waals surface area contributed by atoms with Crippen molar-refractivity contribution in [2.75, 3.05) is 6.54 Å². The first-order valence-electron chi connectivity index (χ1n) is 6.21. The Labute approximate surface area is 112 Å². The van der Waals surface area contributed by atoms with Crippen LogP contribution in [0.1, 0.15) is 17.0 Å². The summed E-state index contributed by atoms with van der Waals surface area (Å²) < 4.78 is 21.0. The second kappa shape index (κ2) is 5.84. The number of hydrogen-bond donors (Lipinski definition) is 1. The van der Waals surface area contributed by atoms with Gasteiger partial charge in [-0.15, -0.1) is 0 Å². The fraction of sp³-hybridized carbons (Fsp3) is 0.357. The normalized spacial score (nSPS) is 10.7. The van der Waals surface area contributed by atoms with E-state index in [1.54, 1.807) is 10.7 Å². The van der Waals surface area contributed by atoms with E-state index in [9.17, 15) is 4.39 Å². The number of nitrogens with zero attached hydrogens (tertiary/aromatic N) is 2. The quantitative estimate of drug-likeness (QED) is 0.897. The highest BCUT2D eigenvalue weighted by Crippen LogP contribution is 2.20. The monoisotopic (exact) mass is 263 g/mol. The number of benzene rings is 1. The van der Waals surface area contributed by atoms with Crippen LogP contribution >= 0.6 is 0 Å². The van der Waals surface area contributed by atoms with Crippen LogP contribution in [0.2, 0.25) is 0 Å². The molecule has 4 nitrogen and oxygen atoms in total. The molecule has 0 atom stereocenters. The van der Waals surface area contributed by atoms with Crippen LogP contribution in [0, 0.1) is 12.7 Å². The molecule has 2 rings (SSSR count). The SMILES string of the molecule is Cc1cc(COc2ccc(CCN)cc2F)n(C)n1. The van der Waals surface area contributed by atoms with Crippen LogP contribution in [0.25, 0.3) is 0 Å². The summed E-state index contributed by atoms with van der Waals surface area (Å²) >= 11 is 0. The zero-order valence-corrected chi connectivity index (χ0v) is 11.2. The average Bonchev–Trinajstić information content (AvgIpc) is 2.67. The lowest BCUT2D eigenvalue weighted by atomic mass is 10.1. The molecule has 0 fully saturated rings. The van der Waals surface area contributed by atoms with Crippen molar-refractivity contribution in [1.82, 2.24) is 9.78 Å². The molecular formula is C14H18FN3O. The Morgan fingerprint density at radius 2 is 2.16 bits per heavy atom. The Balaban J connectivity index is 2.05. The molecular weight excluding hydrogens is 245 g/mol. The van der Waals surface area contributed by atoms with Gasteiger partial charge in [-0.3, -0.25) is 4.68 Å². The Hall–Kier alpha value is -1.88. The molecule has 1 aromatic heterocycles. The van der Waals surface area contributed by atoms with E-state index < -0.39 is 0 Å². The van der Waals surface area contributed by atoms with E-state index in [4.69, 9.17) is 10.5 Å². The van der Waals surface area contributed by atoms with Gasteiger partial charge in [0.2, 0.25) is 0 Å². The highest BCUT2D eigenvalue weighted by molar-refractivity contribution is 5.29. The molecule has 0 amide bonds. The van der Waals surface area contributed by atoms with E-state index in [0.717, 1.165) is 17.0 Å². The molecule has 1 aromatic carbocycles. The zero-order chi connectivity index (χ0) is 13.8. The molecule has 0 aliphatic carbocycles. The van der Waals surface area contributed by atoms with Crippen LogP contribution in [0.3, 0.4) is 0 Å². The van der Waals surface area contributed by atoms with Crippen molar-refractivity contribution in [1.29, 1.82) is 0 Å². The van der Waals surface area contributed by atoms with Gasteiger partial charge < -0.3 is 10.5 Å². The number of nitrogens with two attached hydrogens (primary N) is 1. The van der Waals surface area contributed by atoms with Crippen LogP contribution < -0.4 is 10.5 Å². The number of rotatable bonds is 5. The maximum Gasteiger partial charge on any atom is 0.165 e. The molecule has 1 heterocycles. The molecule has 0 bridgehead atoms. The molecule has 0 spiro atoms.